The number of rotatable bonds is 2. The molecule has 0 bridgehead atoms. The van der Waals surface area contributed by atoms with Crippen molar-refractivity contribution >= 4 is 39.6 Å². The Morgan fingerprint density at radius 1 is 0.800 bits per heavy atom. The van der Waals surface area contributed by atoms with E-state index in [0.717, 1.165) is 10.8 Å². The molecule has 0 spiro atoms. The normalized spacial score (nSPS) is 14.0. The predicted octanol–water partition coefficient (Wildman–Crippen LogP) is 4.33. The van der Waals surface area contributed by atoms with Gasteiger partial charge in [-0.25, -0.2) is 0 Å². The van der Waals surface area contributed by atoms with E-state index in [1.54, 1.807) is 30.3 Å². The van der Waals surface area contributed by atoms with Crippen LogP contribution in [0.5, 0.6) is 5.75 Å². The van der Waals surface area contributed by atoms with Crippen molar-refractivity contribution in [2.75, 3.05) is 5.73 Å². The fourth-order valence-electron chi connectivity index (χ4n) is 2.89. The van der Waals surface area contributed by atoms with Crippen LogP contribution < -0.4 is 10.5 Å². The van der Waals surface area contributed by atoms with Crippen molar-refractivity contribution in [1.82, 2.24) is 0 Å². The van der Waals surface area contributed by atoms with Gasteiger partial charge in [-0.2, -0.15) is 0 Å². The first-order chi connectivity index (χ1) is 12.1. The smallest absolute Gasteiger partial charge is 0.230 e. The lowest BCUT2D eigenvalue weighted by molar-refractivity contribution is 0.0943. The van der Waals surface area contributed by atoms with E-state index in [1.165, 1.54) is 0 Å². The Hall–Kier alpha value is -3.11. The van der Waals surface area contributed by atoms with Gasteiger partial charge in [0.15, 0.2) is 11.5 Å². The highest BCUT2D eigenvalue weighted by atomic mass is 35.5. The second-order valence-electron chi connectivity index (χ2n) is 5.65. The topological polar surface area (TPSA) is 69.4 Å². The average molecular weight is 350 g/mol. The Morgan fingerprint density at radius 2 is 1.44 bits per heavy atom. The number of nitrogen functional groups attached to an aromatic ring is 1. The number of ether oxygens (including phenoxy) is 1. The summed E-state index contributed by atoms with van der Waals surface area (Å²) in [5.41, 5.74) is 7.10. The van der Waals surface area contributed by atoms with E-state index in [1.807, 2.05) is 30.3 Å². The van der Waals surface area contributed by atoms with Gasteiger partial charge >= 0.3 is 0 Å². The van der Waals surface area contributed by atoms with Gasteiger partial charge in [0.1, 0.15) is 5.03 Å². The van der Waals surface area contributed by atoms with Crippen molar-refractivity contribution in [3.63, 3.8) is 0 Å². The highest BCUT2D eigenvalue weighted by molar-refractivity contribution is 6.49. The van der Waals surface area contributed by atoms with Gasteiger partial charge in [-0.15, -0.1) is 0 Å². The Morgan fingerprint density at radius 3 is 2.20 bits per heavy atom. The zero-order valence-corrected chi connectivity index (χ0v) is 13.7. The number of carbonyl (C=O) groups is 2. The molecule has 1 aliphatic carbocycles. The van der Waals surface area contributed by atoms with Gasteiger partial charge in [-0.3, -0.25) is 9.59 Å². The molecule has 5 heteroatoms. The van der Waals surface area contributed by atoms with Crippen LogP contribution >= 0.6 is 11.6 Å². The van der Waals surface area contributed by atoms with E-state index >= 15 is 0 Å². The number of halogens is 1. The number of hydrogen-bond acceptors (Lipinski definition) is 4. The first-order valence-electron chi connectivity index (χ1n) is 7.61. The van der Waals surface area contributed by atoms with Gasteiger partial charge in [0.25, 0.3) is 0 Å². The molecule has 0 heterocycles. The maximum atomic E-state index is 12.7. The van der Waals surface area contributed by atoms with E-state index in [4.69, 9.17) is 22.1 Å². The van der Waals surface area contributed by atoms with Crippen LogP contribution in [0.3, 0.4) is 0 Å². The van der Waals surface area contributed by atoms with Crippen LogP contribution in [-0.4, -0.2) is 11.6 Å². The number of nitrogens with two attached hydrogens (primary N) is 1. The first-order valence-corrected chi connectivity index (χ1v) is 7.99. The average Bonchev–Trinajstić information content (AvgIpc) is 2.65. The molecule has 3 aromatic carbocycles. The van der Waals surface area contributed by atoms with Gasteiger partial charge < -0.3 is 10.5 Å². The Balaban J connectivity index is 1.81. The minimum Gasteiger partial charge on any atom is -0.449 e. The second kappa shape index (κ2) is 5.76. The minimum atomic E-state index is -0.439. The fraction of sp³-hybridized carbons (Fsp3) is 0. The quantitative estimate of drug-likeness (QED) is 0.699. The molecule has 0 unspecified atom stereocenters. The molecule has 0 aliphatic heterocycles. The van der Waals surface area contributed by atoms with Crippen molar-refractivity contribution in [1.29, 1.82) is 0 Å². The summed E-state index contributed by atoms with van der Waals surface area (Å²) in [6, 6.07) is 17.6. The van der Waals surface area contributed by atoms with Gasteiger partial charge in [0, 0.05) is 16.5 Å². The molecule has 0 saturated heterocycles. The fourth-order valence-corrected chi connectivity index (χ4v) is 3.11. The number of Topliss-reactive ketones (excluding diaryl/α,β-unsaturated/α-hetero) is 2. The van der Waals surface area contributed by atoms with Crippen LogP contribution in [0.4, 0.5) is 5.69 Å². The summed E-state index contributed by atoms with van der Waals surface area (Å²) in [6.45, 7) is 0. The highest BCUT2D eigenvalue weighted by Gasteiger charge is 2.33. The molecule has 0 aromatic heterocycles. The summed E-state index contributed by atoms with van der Waals surface area (Å²) in [5, 5.41) is 1.51. The lowest BCUT2D eigenvalue weighted by atomic mass is 9.93. The van der Waals surface area contributed by atoms with Crippen molar-refractivity contribution in [2.24, 2.45) is 0 Å². The molecule has 0 fully saturated rings. The zero-order chi connectivity index (χ0) is 17.6. The van der Waals surface area contributed by atoms with Crippen LogP contribution in [0.25, 0.3) is 10.8 Å². The van der Waals surface area contributed by atoms with Gasteiger partial charge in [-0.1, -0.05) is 66.2 Å². The third-order valence-electron chi connectivity index (χ3n) is 4.16. The number of benzene rings is 3. The van der Waals surface area contributed by atoms with Crippen LogP contribution in [0.1, 0.15) is 20.7 Å². The molecule has 2 N–H and O–H groups in total. The molecular formula is C20H12ClNO3. The molecule has 1 aliphatic rings. The predicted molar refractivity (Wildman–Crippen MR) is 97.0 cm³/mol. The largest absolute Gasteiger partial charge is 0.449 e. The summed E-state index contributed by atoms with van der Waals surface area (Å²) in [7, 11) is 0. The maximum absolute atomic E-state index is 12.7. The lowest BCUT2D eigenvalue weighted by Gasteiger charge is -2.19. The van der Waals surface area contributed by atoms with Crippen LogP contribution in [0.15, 0.2) is 71.5 Å². The lowest BCUT2D eigenvalue weighted by Crippen LogP contribution is -2.23. The van der Waals surface area contributed by atoms with Gasteiger partial charge in [0.05, 0.1) is 5.69 Å². The number of fused-ring (bicyclic) bond motifs is 2. The van der Waals surface area contributed by atoms with Crippen LogP contribution in [0.2, 0.25) is 0 Å². The summed E-state index contributed by atoms with van der Waals surface area (Å²) in [6.07, 6.45) is 0. The third-order valence-corrected chi connectivity index (χ3v) is 4.51. The molecule has 0 amide bonds. The number of hydrogen-bond donors (Lipinski definition) is 1. The molecule has 0 radical (unpaired) electrons. The molecule has 0 saturated carbocycles. The third kappa shape index (κ3) is 2.39. The first kappa shape index (κ1) is 15.4. The van der Waals surface area contributed by atoms with E-state index < -0.39 is 11.6 Å². The summed E-state index contributed by atoms with van der Waals surface area (Å²) in [5.74, 6) is -0.793. The van der Waals surface area contributed by atoms with Crippen molar-refractivity contribution in [3.05, 3.63) is 82.6 Å². The Labute approximate surface area is 148 Å². The summed E-state index contributed by atoms with van der Waals surface area (Å²) < 4.78 is 5.70. The maximum Gasteiger partial charge on any atom is 0.230 e. The van der Waals surface area contributed by atoms with Crippen LogP contribution in [-0.2, 0) is 0 Å². The van der Waals surface area contributed by atoms with Gasteiger partial charge in [0.2, 0.25) is 11.6 Å². The van der Waals surface area contributed by atoms with Gasteiger partial charge in [-0.05, 0) is 11.5 Å². The minimum absolute atomic E-state index is 0.202. The standard InChI is InChI=1S/C20H12ClNO3/c21-16-18(23)13-7-3-4-8-14(13)19(24)20(16)25-15-10-9-11-5-1-2-6-12(11)17(15)22/h1-10H,22H2. The number of anilines is 1. The van der Waals surface area contributed by atoms with Crippen molar-refractivity contribution in [3.8, 4) is 5.75 Å². The second-order valence-corrected chi connectivity index (χ2v) is 6.03. The number of carbonyl (C=O) groups excluding carboxylic acids is 2. The molecule has 4 nitrogen and oxygen atoms in total. The number of allylic oxidation sites excluding steroid dienone is 2. The Bertz CT molecular complexity index is 1090. The van der Waals surface area contributed by atoms with E-state index in [9.17, 15) is 9.59 Å². The summed E-state index contributed by atoms with van der Waals surface area (Å²) in [4.78, 5) is 25.1. The number of ketones is 2. The van der Waals surface area contributed by atoms with Crippen molar-refractivity contribution < 1.29 is 14.3 Å². The van der Waals surface area contributed by atoms with Crippen LogP contribution in [0, 0.1) is 0 Å². The van der Waals surface area contributed by atoms with E-state index in [-0.39, 0.29) is 27.7 Å². The molecule has 4 rings (SSSR count). The molecular weight excluding hydrogens is 338 g/mol. The van der Waals surface area contributed by atoms with E-state index in [0.29, 0.717) is 5.69 Å². The van der Waals surface area contributed by atoms with E-state index in [2.05, 4.69) is 0 Å². The highest BCUT2D eigenvalue weighted by Crippen LogP contribution is 2.35. The molecule has 3 aromatic rings. The molecule has 25 heavy (non-hydrogen) atoms. The monoisotopic (exact) mass is 349 g/mol. The van der Waals surface area contributed by atoms with Crippen molar-refractivity contribution in [2.45, 2.75) is 0 Å². The molecule has 122 valence electrons. The Kier molecular flexibility index (Phi) is 3.55. The summed E-state index contributed by atoms with van der Waals surface area (Å²) >= 11 is 6.12. The SMILES string of the molecule is Nc1c(OC2=C(Cl)C(=O)c3ccccc3C2=O)ccc2ccccc12. The molecule has 0 atom stereocenters. The zero-order valence-electron chi connectivity index (χ0n) is 13.0.